The smallest absolute Gasteiger partial charge is 0.435 e. The van der Waals surface area contributed by atoms with Crippen molar-refractivity contribution >= 4 is 22.2 Å². The highest BCUT2D eigenvalue weighted by atomic mass is 32.2. The molecule has 1 saturated heterocycles. The van der Waals surface area contributed by atoms with E-state index in [-0.39, 0.29) is 61.1 Å². The van der Waals surface area contributed by atoms with E-state index in [4.69, 9.17) is 9.90 Å². The first kappa shape index (κ1) is 35.6. The molecule has 1 N–H and O–H groups in total. The number of halogens is 8. The normalized spacial score (nSPS) is 23.1. The van der Waals surface area contributed by atoms with Crippen LogP contribution in [0.4, 0.5) is 35.1 Å². The Bertz CT molecular complexity index is 1540. The Morgan fingerprint density at radius 3 is 2.04 bits per heavy atom. The van der Waals surface area contributed by atoms with Gasteiger partial charge in [-0.15, -0.1) is 0 Å². The number of benzene rings is 2. The predicted molar refractivity (Wildman–Crippen MR) is 150 cm³/mol. The van der Waals surface area contributed by atoms with E-state index in [0.29, 0.717) is 31.4 Å². The number of amides is 1. The molecule has 15 heteroatoms. The van der Waals surface area contributed by atoms with Crippen molar-refractivity contribution in [1.29, 1.82) is 0 Å². The second-order valence-electron chi connectivity index (χ2n) is 11.9. The first-order valence-electron chi connectivity index (χ1n) is 14.7. The highest BCUT2D eigenvalue weighted by molar-refractivity contribution is 7.92. The molecule has 3 aliphatic rings. The lowest BCUT2D eigenvalue weighted by molar-refractivity contribution is -0.348. The molecule has 1 amide bonds. The van der Waals surface area contributed by atoms with Gasteiger partial charge in [0, 0.05) is 12.1 Å². The molecule has 2 aromatic carbocycles. The van der Waals surface area contributed by atoms with Gasteiger partial charge in [-0.05, 0) is 80.2 Å². The van der Waals surface area contributed by atoms with Crippen LogP contribution >= 0.6 is 0 Å². The quantitative estimate of drug-likeness (QED) is 0.268. The molecular weight excluding hydrogens is 650 g/mol. The van der Waals surface area contributed by atoms with Crippen molar-refractivity contribution in [1.82, 2.24) is 4.90 Å². The van der Waals surface area contributed by atoms with E-state index in [1.165, 1.54) is 17.0 Å². The minimum Gasteiger partial charge on any atom is -0.483 e. The van der Waals surface area contributed by atoms with E-state index in [2.05, 4.69) is 0 Å². The lowest BCUT2D eigenvalue weighted by Gasteiger charge is -2.44. The highest BCUT2D eigenvalue weighted by Gasteiger charge is 2.74. The van der Waals surface area contributed by atoms with Crippen LogP contribution in [0.15, 0.2) is 47.4 Å². The minimum atomic E-state index is -6.34. The number of likely N-dealkylation sites (tertiary alicyclic amines) is 1. The summed E-state index contributed by atoms with van der Waals surface area (Å²) in [5, 5.41) is 6.89. The second kappa shape index (κ2) is 12.4. The molecule has 46 heavy (non-hydrogen) atoms. The summed E-state index contributed by atoms with van der Waals surface area (Å²) in [5.74, 6) is -0.854. The van der Waals surface area contributed by atoms with Crippen LogP contribution in [0.1, 0.15) is 74.1 Å². The second-order valence-corrected chi connectivity index (χ2v) is 14.1. The number of hydrogen-bond acceptors (Lipinski definition) is 4. The topological polar surface area (TPSA) is 91.8 Å². The van der Waals surface area contributed by atoms with E-state index in [9.17, 15) is 43.9 Å². The predicted octanol–water partition coefficient (Wildman–Crippen LogP) is 7.13. The Morgan fingerprint density at radius 1 is 0.957 bits per heavy atom. The maximum absolute atomic E-state index is 15.9. The van der Waals surface area contributed by atoms with Gasteiger partial charge in [0.05, 0.1) is 10.9 Å². The van der Waals surface area contributed by atoms with Crippen LogP contribution in [0.3, 0.4) is 0 Å². The largest absolute Gasteiger partial charge is 0.483 e. The number of rotatable bonds is 5. The van der Waals surface area contributed by atoms with Crippen molar-refractivity contribution in [3.8, 4) is 0 Å². The number of sulfone groups is 1. The summed E-state index contributed by atoms with van der Waals surface area (Å²) in [6.07, 6.45) is -11.1. The van der Waals surface area contributed by atoms with Crippen LogP contribution in [-0.2, 0) is 42.7 Å². The molecule has 6 nitrogen and oxygen atoms in total. The van der Waals surface area contributed by atoms with Gasteiger partial charge in [0.15, 0.2) is 15.5 Å². The number of hydrogen-bond donors (Lipinski definition) is 1. The molecule has 2 fully saturated rings. The monoisotopic (exact) mass is 683 g/mol. The van der Waals surface area contributed by atoms with Gasteiger partial charge in [0.1, 0.15) is 4.75 Å². The van der Waals surface area contributed by atoms with E-state index < -0.39 is 55.8 Å². The summed E-state index contributed by atoms with van der Waals surface area (Å²) in [4.78, 5) is 23.0. The van der Waals surface area contributed by atoms with E-state index in [1.807, 2.05) is 6.92 Å². The number of carboxylic acid groups (broad SMARTS) is 1. The van der Waals surface area contributed by atoms with Crippen molar-refractivity contribution in [2.24, 2.45) is 0 Å². The van der Waals surface area contributed by atoms with Gasteiger partial charge >= 0.3 is 18.0 Å². The van der Waals surface area contributed by atoms with Crippen LogP contribution in [0.2, 0.25) is 0 Å². The van der Waals surface area contributed by atoms with E-state index >= 15 is 4.39 Å². The highest BCUT2D eigenvalue weighted by Crippen LogP contribution is 2.57. The summed E-state index contributed by atoms with van der Waals surface area (Å²) >= 11 is 0. The van der Waals surface area contributed by atoms with Gasteiger partial charge in [-0.1, -0.05) is 43.7 Å². The molecule has 0 bridgehead atoms. The molecule has 1 aliphatic heterocycles. The maximum Gasteiger partial charge on any atom is 0.435 e. The lowest BCUT2D eigenvalue weighted by atomic mass is 9.76. The summed E-state index contributed by atoms with van der Waals surface area (Å²) in [6.45, 7) is 1.43. The standard InChI is InChI=1S/C30H31F8NO3S.CH2O2/c1-2-19-6-10-22(11-7-19)43(41,42)27-16-17-39(25(40)26(31)14-4-3-5-15-26)24(27)13-8-20-18-21(9-12-23(20)27)28(32,29(33,34)35)30(36,37)38;2-1-3/h6-7,9-12,18,24H,2-5,8,13-17H2,1H3;1H,(H,2,3). The third-order valence-corrected chi connectivity index (χ3v) is 12.0. The first-order valence-corrected chi connectivity index (χ1v) is 16.2. The fourth-order valence-corrected chi connectivity index (χ4v) is 9.54. The van der Waals surface area contributed by atoms with Gasteiger partial charge in [-0.2, -0.15) is 26.3 Å². The zero-order valence-corrected chi connectivity index (χ0v) is 25.5. The van der Waals surface area contributed by atoms with Gasteiger partial charge in [0.25, 0.3) is 12.4 Å². The van der Waals surface area contributed by atoms with Crippen LogP contribution in [0.5, 0.6) is 0 Å². The Kier molecular flexibility index (Phi) is 9.62. The number of alkyl halides is 8. The fourth-order valence-electron chi connectivity index (χ4n) is 7.17. The SMILES string of the molecule is CCc1ccc(S(=O)(=O)C23CCN(C(=O)C4(F)CCCCC4)C2CCc2cc(C(F)(C(F)(F)F)C(F)(F)F)ccc23)cc1.O=CO. The first-order chi connectivity index (χ1) is 21.4. The van der Waals surface area contributed by atoms with Gasteiger partial charge in [0.2, 0.25) is 0 Å². The molecular formula is C31H33F8NO5S. The third kappa shape index (κ3) is 5.55. The van der Waals surface area contributed by atoms with Gasteiger partial charge < -0.3 is 10.0 Å². The molecule has 2 aliphatic carbocycles. The molecule has 0 aromatic heterocycles. The Morgan fingerprint density at radius 2 is 1.52 bits per heavy atom. The van der Waals surface area contributed by atoms with Crippen LogP contribution in [0.25, 0.3) is 0 Å². The van der Waals surface area contributed by atoms with Crippen molar-refractivity contribution in [3.05, 3.63) is 64.7 Å². The van der Waals surface area contributed by atoms with Crippen molar-refractivity contribution in [2.45, 2.75) is 104 Å². The van der Waals surface area contributed by atoms with Gasteiger partial charge in [-0.25, -0.2) is 17.2 Å². The van der Waals surface area contributed by atoms with Gasteiger partial charge in [-0.3, -0.25) is 9.59 Å². The van der Waals surface area contributed by atoms with Crippen LogP contribution < -0.4 is 0 Å². The Hall–Kier alpha value is -3.23. The van der Waals surface area contributed by atoms with E-state index in [0.717, 1.165) is 18.1 Å². The molecule has 1 heterocycles. The van der Waals surface area contributed by atoms with Crippen molar-refractivity contribution in [2.75, 3.05) is 6.54 Å². The Balaban J connectivity index is 0.00000154. The molecule has 1 saturated carbocycles. The number of carbonyl (C=O) groups is 2. The Labute approximate surface area is 260 Å². The zero-order chi connectivity index (χ0) is 34.3. The van der Waals surface area contributed by atoms with Crippen molar-refractivity contribution in [3.63, 3.8) is 0 Å². The molecule has 5 rings (SSSR count). The summed E-state index contributed by atoms with van der Waals surface area (Å²) in [5.41, 5.74) is -9.07. The van der Waals surface area contributed by atoms with Crippen LogP contribution in [-0.4, -0.2) is 61.4 Å². The molecule has 0 spiro atoms. The summed E-state index contributed by atoms with van der Waals surface area (Å²) < 4.78 is 139. The maximum atomic E-state index is 15.9. The summed E-state index contributed by atoms with van der Waals surface area (Å²) in [7, 11) is -4.48. The molecule has 2 aromatic rings. The average molecular weight is 684 g/mol. The number of fused-ring (bicyclic) bond motifs is 3. The van der Waals surface area contributed by atoms with Crippen LogP contribution in [0, 0.1) is 0 Å². The van der Waals surface area contributed by atoms with E-state index in [1.54, 1.807) is 12.1 Å². The van der Waals surface area contributed by atoms with Crippen molar-refractivity contribution < 1.29 is 58.2 Å². The lowest BCUT2D eigenvalue weighted by Crippen LogP contribution is -2.56. The number of carbonyl (C=O) groups excluding carboxylic acids is 1. The molecule has 2 unspecified atom stereocenters. The molecule has 254 valence electrons. The minimum absolute atomic E-state index is 0.0271. The third-order valence-electron chi connectivity index (χ3n) is 9.48. The fraction of sp³-hybridized carbons (Fsp3) is 0.548. The number of nitrogens with zero attached hydrogens (tertiary/aromatic N) is 1. The zero-order valence-electron chi connectivity index (χ0n) is 24.7. The molecule has 2 atom stereocenters. The summed E-state index contributed by atoms with van der Waals surface area (Å²) in [6, 6.07) is 6.34. The number of aryl methyl sites for hydroxylation is 2. The average Bonchev–Trinajstić information content (AvgIpc) is 3.41. The molecule has 0 radical (unpaired) electrons.